The summed E-state index contributed by atoms with van der Waals surface area (Å²) in [7, 11) is 0. The van der Waals surface area contributed by atoms with Gasteiger partial charge in [0.15, 0.2) is 0 Å². The zero-order valence-electron chi connectivity index (χ0n) is 9.02. The maximum Gasteiger partial charge on any atom is 0.250 e. The van der Waals surface area contributed by atoms with Crippen LogP contribution in [0.15, 0.2) is 29.2 Å². The molecule has 0 spiro atoms. The molecule has 1 unspecified atom stereocenters. The molecule has 15 heavy (non-hydrogen) atoms. The number of hydrogen-bond acceptors (Lipinski definition) is 3. The van der Waals surface area contributed by atoms with Crippen LogP contribution in [0.3, 0.4) is 0 Å². The van der Waals surface area contributed by atoms with Crippen LogP contribution >= 0.6 is 0 Å². The summed E-state index contributed by atoms with van der Waals surface area (Å²) in [6.07, 6.45) is 2.21. The molecule has 1 aromatic rings. The van der Waals surface area contributed by atoms with Crippen molar-refractivity contribution in [1.82, 2.24) is 9.88 Å². The van der Waals surface area contributed by atoms with E-state index in [2.05, 4.69) is 12.2 Å². The minimum atomic E-state index is -0.517. The van der Waals surface area contributed by atoms with Gasteiger partial charge in [-0.2, -0.15) is 0 Å². The van der Waals surface area contributed by atoms with Crippen LogP contribution in [-0.2, 0) is 6.54 Å². The SMILES string of the molecule is CCCNCC(O)Cn1ccccc1=O. The Morgan fingerprint density at radius 1 is 1.53 bits per heavy atom. The van der Waals surface area contributed by atoms with Gasteiger partial charge in [-0.1, -0.05) is 13.0 Å². The molecule has 0 aliphatic rings. The first-order chi connectivity index (χ1) is 7.24. The number of pyridine rings is 1. The third-order valence-electron chi connectivity index (χ3n) is 2.11. The van der Waals surface area contributed by atoms with Crippen LogP contribution in [0.5, 0.6) is 0 Å². The van der Waals surface area contributed by atoms with E-state index in [0.29, 0.717) is 13.1 Å². The van der Waals surface area contributed by atoms with Crippen molar-refractivity contribution in [3.05, 3.63) is 34.7 Å². The molecule has 0 aromatic carbocycles. The van der Waals surface area contributed by atoms with Gasteiger partial charge in [-0.3, -0.25) is 4.79 Å². The molecule has 4 heteroatoms. The molecule has 1 aromatic heterocycles. The second kappa shape index (κ2) is 6.37. The fraction of sp³-hybridized carbons (Fsp3) is 0.545. The molecule has 0 aliphatic heterocycles. The number of hydrogen-bond donors (Lipinski definition) is 2. The van der Waals surface area contributed by atoms with Gasteiger partial charge in [0.2, 0.25) is 0 Å². The molecule has 4 nitrogen and oxygen atoms in total. The molecule has 1 rings (SSSR count). The summed E-state index contributed by atoms with van der Waals surface area (Å²) in [6, 6.07) is 4.97. The van der Waals surface area contributed by atoms with Crippen molar-refractivity contribution >= 4 is 0 Å². The second-order valence-corrected chi connectivity index (χ2v) is 3.55. The van der Waals surface area contributed by atoms with E-state index >= 15 is 0 Å². The van der Waals surface area contributed by atoms with Gasteiger partial charge in [0.1, 0.15) is 0 Å². The topological polar surface area (TPSA) is 54.3 Å². The summed E-state index contributed by atoms with van der Waals surface area (Å²) in [5, 5.41) is 12.7. The molecule has 0 saturated carbocycles. The van der Waals surface area contributed by atoms with E-state index in [1.54, 1.807) is 18.3 Å². The third-order valence-corrected chi connectivity index (χ3v) is 2.11. The van der Waals surface area contributed by atoms with Crippen LogP contribution in [0.1, 0.15) is 13.3 Å². The van der Waals surface area contributed by atoms with Crippen LogP contribution in [-0.4, -0.2) is 28.9 Å². The molecule has 0 fully saturated rings. The maximum absolute atomic E-state index is 11.3. The van der Waals surface area contributed by atoms with Gasteiger partial charge >= 0.3 is 0 Å². The Morgan fingerprint density at radius 3 is 3.00 bits per heavy atom. The van der Waals surface area contributed by atoms with Crippen LogP contribution in [0.4, 0.5) is 0 Å². The number of aliphatic hydroxyl groups excluding tert-OH is 1. The van der Waals surface area contributed by atoms with Crippen molar-refractivity contribution in [3.8, 4) is 0 Å². The van der Waals surface area contributed by atoms with E-state index in [1.165, 1.54) is 10.6 Å². The summed E-state index contributed by atoms with van der Waals surface area (Å²) in [4.78, 5) is 11.3. The summed E-state index contributed by atoms with van der Waals surface area (Å²) >= 11 is 0. The molecule has 2 N–H and O–H groups in total. The largest absolute Gasteiger partial charge is 0.390 e. The van der Waals surface area contributed by atoms with E-state index in [0.717, 1.165) is 13.0 Å². The van der Waals surface area contributed by atoms with Gasteiger partial charge < -0.3 is 15.0 Å². The lowest BCUT2D eigenvalue weighted by atomic mass is 10.3. The Balaban J connectivity index is 2.41. The van der Waals surface area contributed by atoms with Gasteiger partial charge in [-0.05, 0) is 19.0 Å². The molecule has 84 valence electrons. The quantitative estimate of drug-likeness (QED) is 0.660. The van der Waals surface area contributed by atoms with E-state index in [4.69, 9.17) is 0 Å². The van der Waals surface area contributed by atoms with Crippen molar-refractivity contribution in [2.75, 3.05) is 13.1 Å². The first-order valence-corrected chi connectivity index (χ1v) is 5.28. The Hall–Kier alpha value is -1.13. The van der Waals surface area contributed by atoms with Gasteiger partial charge in [0, 0.05) is 18.8 Å². The van der Waals surface area contributed by atoms with Crippen molar-refractivity contribution in [3.63, 3.8) is 0 Å². The maximum atomic E-state index is 11.3. The number of aliphatic hydroxyl groups is 1. The fourth-order valence-corrected chi connectivity index (χ4v) is 1.35. The molecule has 0 amide bonds. The normalized spacial score (nSPS) is 12.7. The zero-order valence-corrected chi connectivity index (χ0v) is 9.02. The molecule has 1 atom stereocenters. The van der Waals surface area contributed by atoms with Crippen molar-refractivity contribution in [2.45, 2.75) is 26.0 Å². The lowest BCUT2D eigenvalue weighted by Crippen LogP contribution is -2.33. The van der Waals surface area contributed by atoms with Crippen molar-refractivity contribution in [2.24, 2.45) is 0 Å². The van der Waals surface area contributed by atoms with Gasteiger partial charge in [-0.25, -0.2) is 0 Å². The summed E-state index contributed by atoms with van der Waals surface area (Å²) in [6.45, 7) is 3.83. The Bertz CT molecular complexity index is 335. The van der Waals surface area contributed by atoms with Crippen molar-refractivity contribution < 1.29 is 5.11 Å². The average Bonchev–Trinajstić information content (AvgIpc) is 2.22. The molecule has 1 heterocycles. The fourth-order valence-electron chi connectivity index (χ4n) is 1.35. The molecule has 0 saturated heterocycles. The Labute approximate surface area is 89.6 Å². The van der Waals surface area contributed by atoms with Crippen LogP contribution in [0.2, 0.25) is 0 Å². The minimum Gasteiger partial charge on any atom is -0.390 e. The van der Waals surface area contributed by atoms with Crippen LogP contribution in [0.25, 0.3) is 0 Å². The Kier molecular flexibility index (Phi) is 5.07. The van der Waals surface area contributed by atoms with Gasteiger partial charge in [0.25, 0.3) is 5.56 Å². The predicted molar refractivity (Wildman–Crippen MR) is 59.9 cm³/mol. The summed E-state index contributed by atoms with van der Waals surface area (Å²) in [5.74, 6) is 0. The second-order valence-electron chi connectivity index (χ2n) is 3.55. The van der Waals surface area contributed by atoms with Gasteiger partial charge in [0.05, 0.1) is 12.6 Å². The van der Waals surface area contributed by atoms with Crippen LogP contribution in [0, 0.1) is 0 Å². The average molecular weight is 210 g/mol. The number of aromatic nitrogens is 1. The lowest BCUT2D eigenvalue weighted by Gasteiger charge is -2.12. The first kappa shape index (κ1) is 11.9. The third kappa shape index (κ3) is 4.27. The van der Waals surface area contributed by atoms with Crippen LogP contribution < -0.4 is 10.9 Å². The zero-order chi connectivity index (χ0) is 11.1. The standard InChI is InChI=1S/C11H18N2O2/c1-2-6-12-8-10(14)9-13-7-4-3-5-11(13)15/h3-5,7,10,12,14H,2,6,8-9H2,1H3. The van der Waals surface area contributed by atoms with Crippen molar-refractivity contribution in [1.29, 1.82) is 0 Å². The van der Waals surface area contributed by atoms with E-state index in [-0.39, 0.29) is 5.56 Å². The molecular formula is C11H18N2O2. The highest BCUT2D eigenvalue weighted by atomic mass is 16.3. The van der Waals surface area contributed by atoms with Gasteiger partial charge in [-0.15, -0.1) is 0 Å². The highest BCUT2D eigenvalue weighted by Crippen LogP contribution is 1.88. The summed E-state index contributed by atoms with van der Waals surface area (Å²) in [5.41, 5.74) is -0.0768. The lowest BCUT2D eigenvalue weighted by molar-refractivity contribution is 0.150. The molecular weight excluding hydrogens is 192 g/mol. The molecule has 0 aliphatic carbocycles. The number of nitrogens with one attached hydrogen (secondary N) is 1. The van der Waals surface area contributed by atoms with E-state index < -0.39 is 6.10 Å². The predicted octanol–water partition coefficient (Wildman–Crippen LogP) is 0.209. The monoisotopic (exact) mass is 210 g/mol. The number of nitrogens with zero attached hydrogens (tertiary/aromatic N) is 1. The minimum absolute atomic E-state index is 0.0768. The van der Waals surface area contributed by atoms with E-state index in [9.17, 15) is 9.90 Å². The molecule has 0 radical (unpaired) electrons. The first-order valence-electron chi connectivity index (χ1n) is 5.28. The number of rotatable bonds is 6. The highest BCUT2D eigenvalue weighted by molar-refractivity contribution is 4.93. The van der Waals surface area contributed by atoms with E-state index in [1.807, 2.05) is 0 Å². The smallest absolute Gasteiger partial charge is 0.250 e. The highest BCUT2D eigenvalue weighted by Gasteiger charge is 2.04. The summed E-state index contributed by atoms with van der Waals surface area (Å²) < 4.78 is 1.51. The Morgan fingerprint density at radius 2 is 2.33 bits per heavy atom. The molecule has 0 bridgehead atoms.